The molecule has 0 saturated carbocycles. The molecule has 1 atom stereocenters. The molecule has 8 heteroatoms. The van der Waals surface area contributed by atoms with Gasteiger partial charge in [0, 0.05) is 31.5 Å². The van der Waals surface area contributed by atoms with Crippen molar-refractivity contribution in [2.24, 2.45) is 4.99 Å². The van der Waals surface area contributed by atoms with E-state index in [1.165, 1.54) is 19.4 Å². The van der Waals surface area contributed by atoms with Gasteiger partial charge in [0.25, 0.3) is 0 Å². The van der Waals surface area contributed by atoms with Gasteiger partial charge in [-0.05, 0) is 57.5 Å². The number of rotatable bonds is 7. The smallest absolute Gasteiger partial charge is 0.191 e. The Morgan fingerprint density at radius 3 is 2.79 bits per heavy atom. The van der Waals surface area contributed by atoms with Gasteiger partial charge in [0.1, 0.15) is 11.6 Å². The second kappa shape index (κ2) is 11.5. The monoisotopic (exact) mass is 514 g/mol. The van der Waals surface area contributed by atoms with Gasteiger partial charge in [-0.25, -0.2) is 14.4 Å². The summed E-state index contributed by atoms with van der Waals surface area (Å²) in [5, 5.41) is 6.72. The zero-order valence-electron chi connectivity index (χ0n) is 17.5. The summed E-state index contributed by atoms with van der Waals surface area (Å²) in [6, 6.07) is 5.81. The van der Waals surface area contributed by atoms with Crippen LogP contribution >= 0.6 is 24.0 Å². The quantitative estimate of drug-likeness (QED) is 0.338. The van der Waals surface area contributed by atoms with Crippen LogP contribution in [0.25, 0.3) is 5.69 Å². The van der Waals surface area contributed by atoms with Gasteiger partial charge in [-0.3, -0.25) is 4.90 Å². The maximum absolute atomic E-state index is 14.6. The van der Waals surface area contributed by atoms with E-state index < -0.39 is 0 Å². The lowest BCUT2D eigenvalue weighted by atomic mass is 10.2. The minimum Gasteiger partial charge on any atom is -0.357 e. The standard InChI is InChI=1S/C21H31FN6.HI/c1-4-23-21(26-15-18-7-6-11-27(18)5-2)25-14-17-8-9-20(19(22)13-17)28-12-10-24-16(28)3;/h8-10,12-13,18H,4-7,11,14-15H2,1-3H3,(H2,23,25,26);1H. The summed E-state index contributed by atoms with van der Waals surface area (Å²) in [7, 11) is 0. The molecule has 0 aliphatic carbocycles. The minimum absolute atomic E-state index is 0. The third-order valence-corrected chi connectivity index (χ3v) is 5.27. The maximum Gasteiger partial charge on any atom is 0.191 e. The summed E-state index contributed by atoms with van der Waals surface area (Å²) < 4.78 is 16.3. The van der Waals surface area contributed by atoms with E-state index in [1.54, 1.807) is 29.1 Å². The van der Waals surface area contributed by atoms with Crippen LogP contribution in [0.3, 0.4) is 0 Å². The maximum atomic E-state index is 14.6. The van der Waals surface area contributed by atoms with Crippen molar-refractivity contribution in [1.82, 2.24) is 25.1 Å². The van der Waals surface area contributed by atoms with Crippen molar-refractivity contribution < 1.29 is 4.39 Å². The van der Waals surface area contributed by atoms with Crippen molar-refractivity contribution in [1.29, 1.82) is 0 Å². The fourth-order valence-corrected chi connectivity index (χ4v) is 3.75. The van der Waals surface area contributed by atoms with Crippen molar-refractivity contribution in [3.8, 4) is 5.69 Å². The van der Waals surface area contributed by atoms with Crippen molar-refractivity contribution in [3.05, 3.63) is 47.8 Å². The molecule has 0 bridgehead atoms. The van der Waals surface area contributed by atoms with Crippen molar-refractivity contribution in [3.63, 3.8) is 0 Å². The Labute approximate surface area is 190 Å². The number of nitrogens with one attached hydrogen (secondary N) is 2. The second-order valence-electron chi connectivity index (χ2n) is 7.13. The van der Waals surface area contributed by atoms with Crippen LogP contribution in [0.4, 0.5) is 4.39 Å². The van der Waals surface area contributed by atoms with E-state index in [-0.39, 0.29) is 29.8 Å². The molecule has 1 aliphatic rings. The summed E-state index contributed by atoms with van der Waals surface area (Å²) in [4.78, 5) is 11.3. The van der Waals surface area contributed by atoms with Gasteiger partial charge < -0.3 is 15.2 Å². The minimum atomic E-state index is -0.267. The average Bonchev–Trinajstić information content (AvgIpc) is 3.32. The van der Waals surface area contributed by atoms with Crippen LogP contribution in [0.15, 0.2) is 35.6 Å². The van der Waals surface area contributed by atoms with E-state index in [1.807, 2.05) is 19.9 Å². The first-order chi connectivity index (χ1) is 13.6. The van der Waals surface area contributed by atoms with Crippen LogP contribution in [-0.4, -0.2) is 52.6 Å². The molecule has 1 saturated heterocycles. The Kier molecular flexibility index (Phi) is 9.35. The molecular formula is C21H32FIN6. The topological polar surface area (TPSA) is 57.5 Å². The number of halogens is 2. The third kappa shape index (κ3) is 6.15. The summed E-state index contributed by atoms with van der Waals surface area (Å²) in [5.74, 6) is 1.27. The molecule has 1 unspecified atom stereocenters. The number of aryl methyl sites for hydroxylation is 1. The Bertz CT molecular complexity index is 806. The number of aliphatic imine (C=N–C) groups is 1. The highest BCUT2D eigenvalue weighted by Crippen LogP contribution is 2.18. The molecule has 3 rings (SSSR count). The van der Waals surface area contributed by atoms with Crippen molar-refractivity contribution in [2.45, 2.75) is 46.2 Å². The van der Waals surface area contributed by atoms with E-state index in [0.717, 1.165) is 37.0 Å². The highest BCUT2D eigenvalue weighted by Gasteiger charge is 2.22. The summed E-state index contributed by atoms with van der Waals surface area (Å²) in [6.07, 6.45) is 5.92. The number of hydrogen-bond donors (Lipinski definition) is 2. The van der Waals surface area contributed by atoms with Gasteiger partial charge in [0.15, 0.2) is 5.96 Å². The molecule has 1 aliphatic heterocycles. The largest absolute Gasteiger partial charge is 0.357 e. The third-order valence-electron chi connectivity index (χ3n) is 5.27. The van der Waals surface area contributed by atoms with E-state index in [4.69, 9.17) is 0 Å². The molecule has 0 amide bonds. The number of likely N-dealkylation sites (N-methyl/N-ethyl adjacent to an activating group) is 1. The van der Waals surface area contributed by atoms with Crippen LogP contribution in [0.5, 0.6) is 0 Å². The molecule has 6 nitrogen and oxygen atoms in total. The molecule has 29 heavy (non-hydrogen) atoms. The van der Waals surface area contributed by atoms with Crippen LogP contribution in [-0.2, 0) is 6.54 Å². The lowest BCUT2D eigenvalue weighted by Gasteiger charge is -2.24. The van der Waals surface area contributed by atoms with Crippen LogP contribution in [0, 0.1) is 12.7 Å². The average molecular weight is 514 g/mol. The van der Waals surface area contributed by atoms with Crippen LogP contribution < -0.4 is 10.6 Å². The van der Waals surface area contributed by atoms with Crippen LogP contribution in [0.1, 0.15) is 38.1 Å². The molecule has 1 aromatic heterocycles. The molecular weight excluding hydrogens is 482 g/mol. The Morgan fingerprint density at radius 1 is 1.31 bits per heavy atom. The number of guanidine groups is 1. The lowest BCUT2D eigenvalue weighted by molar-refractivity contribution is 0.267. The highest BCUT2D eigenvalue weighted by molar-refractivity contribution is 14.0. The summed E-state index contributed by atoms with van der Waals surface area (Å²) in [6.45, 7) is 10.5. The molecule has 2 N–H and O–H groups in total. The number of likely N-dealkylation sites (tertiary alicyclic amines) is 1. The number of aromatic nitrogens is 2. The SMILES string of the molecule is CCNC(=NCc1ccc(-n2ccnc2C)c(F)c1)NCC1CCCN1CC.I. The Hall–Kier alpha value is -1.68. The second-order valence-corrected chi connectivity index (χ2v) is 7.13. The summed E-state index contributed by atoms with van der Waals surface area (Å²) in [5.41, 5.74) is 1.35. The van der Waals surface area contributed by atoms with Crippen molar-refractivity contribution in [2.75, 3.05) is 26.2 Å². The van der Waals surface area contributed by atoms with Gasteiger partial charge in [-0.1, -0.05) is 13.0 Å². The lowest BCUT2D eigenvalue weighted by Crippen LogP contribution is -2.44. The molecule has 1 fully saturated rings. The molecule has 0 radical (unpaired) electrons. The van der Waals surface area contributed by atoms with Crippen molar-refractivity contribution >= 4 is 29.9 Å². The first-order valence-corrected chi connectivity index (χ1v) is 10.2. The molecule has 160 valence electrons. The molecule has 2 aromatic rings. The number of imidazole rings is 1. The van der Waals surface area contributed by atoms with E-state index >= 15 is 0 Å². The van der Waals surface area contributed by atoms with Gasteiger partial charge in [-0.15, -0.1) is 24.0 Å². The van der Waals surface area contributed by atoms with E-state index in [2.05, 4.69) is 32.4 Å². The zero-order valence-corrected chi connectivity index (χ0v) is 19.8. The zero-order chi connectivity index (χ0) is 19.9. The van der Waals surface area contributed by atoms with Gasteiger partial charge in [-0.2, -0.15) is 0 Å². The fourth-order valence-electron chi connectivity index (χ4n) is 3.75. The van der Waals surface area contributed by atoms with E-state index in [0.29, 0.717) is 18.3 Å². The Balaban J connectivity index is 0.00000300. The van der Waals surface area contributed by atoms with Gasteiger partial charge >= 0.3 is 0 Å². The van der Waals surface area contributed by atoms with E-state index in [9.17, 15) is 4.39 Å². The molecule has 1 aromatic carbocycles. The predicted octanol–water partition coefficient (Wildman–Crippen LogP) is 3.48. The Morgan fingerprint density at radius 2 is 2.14 bits per heavy atom. The first kappa shape index (κ1) is 23.6. The number of hydrogen-bond acceptors (Lipinski definition) is 3. The predicted molar refractivity (Wildman–Crippen MR) is 127 cm³/mol. The normalized spacial score (nSPS) is 17.2. The number of nitrogens with zero attached hydrogens (tertiary/aromatic N) is 4. The van der Waals surface area contributed by atoms with Crippen LogP contribution in [0.2, 0.25) is 0 Å². The molecule has 2 heterocycles. The highest BCUT2D eigenvalue weighted by atomic mass is 127. The summed E-state index contributed by atoms with van der Waals surface area (Å²) >= 11 is 0. The van der Waals surface area contributed by atoms with Gasteiger partial charge in [0.05, 0.1) is 12.2 Å². The first-order valence-electron chi connectivity index (χ1n) is 10.2. The molecule has 0 spiro atoms. The van der Waals surface area contributed by atoms with Gasteiger partial charge in [0.2, 0.25) is 0 Å². The number of benzene rings is 1. The fraction of sp³-hybridized carbons (Fsp3) is 0.524.